The second-order valence-corrected chi connectivity index (χ2v) is 2.49. The molecule has 0 aromatic rings. The molecule has 0 N–H and O–H groups in total. The molecule has 0 rings (SSSR count). The van der Waals surface area contributed by atoms with Crippen molar-refractivity contribution in [2.24, 2.45) is 0 Å². The second kappa shape index (κ2) is 12.1. The van der Waals surface area contributed by atoms with E-state index in [2.05, 4.69) is 12.3 Å². The molecule has 0 saturated heterocycles. The van der Waals surface area contributed by atoms with Crippen molar-refractivity contribution in [3.8, 4) is 0 Å². The first-order valence-corrected chi connectivity index (χ1v) is 3.86. The van der Waals surface area contributed by atoms with Crippen LogP contribution in [-0.2, 0) is 0 Å². The summed E-state index contributed by atoms with van der Waals surface area (Å²) in [7, 11) is 0. The fourth-order valence-corrected chi connectivity index (χ4v) is 0.703. The number of hydrogen-bond acceptors (Lipinski definition) is 1. The van der Waals surface area contributed by atoms with E-state index in [9.17, 15) is 0 Å². The molecule has 2 heteroatoms. The van der Waals surface area contributed by atoms with E-state index in [0.29, 0.717) is 0 Å². The van der Waals surface area contributed by atoms with Crippen LogP contribution < -0.4 is 0 Å². The van der Waals surface area contributed by atoms with E-state index in [4.69, 9.17) is 0 Å². The van der Waals surface area contributed by atoms with Crippen LogP contribution >= 0.6 is 11.8 Å². The van der Waals surface area contributed by atoms with Gasteiger partial charge in [-0.25, -0.2) is 0 Å². The van der Waals surface area contributed by atoms with Gasteiger partial charge in [0, 0.05) is 0 Å². The Balaban J connectivity index is 0. The maximum absolute atomic E-state index is 2.14. The van der Waals surface area contributed by atoms with Gasteiger partial charge in [0.1, 0.15) is 0 Å². The van der Waals surface area contributed by atoms with Gasteiger partial charge in [-0.05, 0) is 18.1 Å². The molecule has 0 radical (unpaired) electrons. The molecule has 9 heavy (non-hydrogen) atoms. The number of allylic oxidation sites excluding steroid dienone is 3. The molecular formula is C7H14BaS. The standard InChI is InChI=1S/C7H12S.Ba.2H/c1-3-5-6-7-8-4-2;;;/h3,5-7H,4H2,1-2H3;;;. The first-order chi connectivity index (χ1) is 3.91. The van der Waals surface area contributed by atoms with Crippen LogP contribution in [-0.4, -0.2) is 54.6 Å². The minimum absolute atomic E-state index is 0. The van der Waals surface area contributed by atoms with Crippen LogP contribution in [0.4, 0.5) is 0 Å². The van der Waals surface area contributed by atoms with Crippen molar-refractivity contribution in [3.63, 3.8) is 0 Å². The molecule has 0 amide bonds. The predicted octanol–water partition coefficient (Wildman–Crippen LogP) is 1.91. The molecule has 0 bridgehead atoms. The van der Waals surface area contributed by atoms with Crippen molar-refractivity contribution in [2.75, 3.05) is 5.75 Å². The van der Waals surface area contributed by atoms with Gasteiger partial charge in [0.2, 0.25) is 0 Å². The van der Waals surface area contributed by atoms with E-state index in [-0.39, 0.29) is 48.9 Å². The third-order valence-corrected chi connectivity index (χ3v) is 1.33. The van der Waals surface area contributed by atoms with E-state index in [1.54, 1.807) is 0 Å². The Morgan fingerprint density at radius 1 is 1.33 bits per heavy atom. The van der Waals surface area contributed by atoms with Crippen LogP contribution in [0.15, 0.2) is 23.6 Å². The van der Waals surface area contributed by atoms with Crippen LogP contribution in [0, 0.1) is 0 Å². The molecule has 50 valence electrons. The molecule has 0 fully saturated rings. The minimum atomic E-state index is 0. The molecule has 0 aliphatic carbocycles. The van der Waals surface area contributed by atoms with Gasteiger partial charge in [0.25, 0.3) is 0 Å². The Morgan fingerprint density at radius 3 is 2.44 bits per heavy atom. The van der Waals surface area contributed by atoms with Crippen LogP contribution in [0.5, 0.6) is 0 Å². The fourth-order valence-electron chi connectivity index (χ4n) is 0.308. The van der Waals surface area contributed by atoms with Crippen molar-refractivity contribution in [1.82, 2.24) is 0 Å². The summed E-state index contributed by atoms with van der Waals surface area (Å²) in [5.74, 6) is 1.16. The van der Waals surface area contributed by atoms with Gasteiger partial charge in [0.15, 0.2) is 0 Å². The van der Waals surface area contributed by atoms with Crippen molar-refractivity contribution in [1.29, 1.82) is 0 Å². The first kappa shape index (κ1) is 13.0. The third-order valence-electron chi connectivity index (χ3n) is 0.645. The van der Waals surface area contributed by atoms with Crippen LogP contribution in [0.3, 0.4) is 0 Å². The van der Waals surface area contributed by atoms with E-state index >= 15 is 0 Å². The summed E-state index contributed by atoms with van der Waals surface area (Å²) in [6.45, 7) is 4.16. The van der Waals surface area contributed by atoms with E-state index < -0.39 is 0 Å². The molecule has 0 nitrogen and oxygen atoms in total. The van der Waals surface area contributed by atoms with Crippen molar-refractivity contribution in [3.05, 3.63) is 23.6 Å². The van der Waals surface area contributed by atoms with E-state index in [1.807, 2.05) is 36.9 Å². The molecule has 0 unspecified atom stereocenters. The summed E-state index contributed by atoms with van der Waals surface area (Å²) in [4.78, 5) is 0. The van der Waals surface area contributed by atoms with Crippen molar-refractivity contribution in [2.45, 2.75) is 13.8 Å². The van der Waals surface area contributed by atoms with Crippen LogP contribution in [0.25, 0.3) is 0 Å². The number of thioether (sulfide) groups is 1. The molecule has 0 atom stereocenters. The van der Waals surface area contributed by atoms with Gasteiger partial charge in [0.05, 0.1) is 0 Å². The van der Waals surface area contributed by atoms with Gasteiger partial charge in [-0.3, -0.25) is 0 Å². The monoisotopic (exact) mass is 268 g/mol. The molecule has 0 aromatic heterocycles. The molecular weight excluding hydrogens is 253 g/mol. The summed E-state index contributed by atoms with van der Waals surface area (Å²) >= 11 is 1.82. The number of rotatable bonds is 3. The predicted molar refractivity (Wildman–Crippen MR) is 50.6 cm³/mol. The molecule has 0 heterocycles. The molecule has 0 spiro atoms. The second-order valence-electron chi connectivity index (χ2n) is 1.31. The van der Waals surface area contributed by atoms with E-state index in [1.165, 1.54) is 0 Å². The maximum atomic E-state index is 2.14. The summed E-state index contributed by atoms with van der Waals surface area (Å²) in [5.41, 5.74) is 0. The van der Waals surface area contributed by atoms with Crippen LogP contribution in [0.2, 0.25) is 0 Å². The summed E-state index contributed by atoms with van der Waals surface area (Å²) in [5, 5.41) is 2.10. The number of hydrogen-bond donors (Lipinski definition) is 0. The normalized spacial score (nSPS) is 10.4. The van der Waals surface area contributed by atoms with Gasteiger partial charge in [-0.2, -0.15) is 0 Å². The SMILES string of the molecule is CC=CC=CSCC.[BaH2]. The Morgan fingerprint density at radius 2 is 2.00 bits per heavy atom. The average Bonchev–Trinajstić information content (AvgIpc) is 1.81. The Hall–Kier alpha value is 1.40. The zero-order valence-electron chi connectivity index (χ0n) is 5.42. The van der Waals surface area contributed by atoms with Gasteiger partial charge in [-0.15, -0.1) is 11.8 Å². The Kier molecular flexibility index (Phi) is 17.5. The Bertz CT molecular complexity index is 86.9. The summed E-state index contributed by atoms with van der Waals surface area (Å²) in [6, 6.07) is 0. The molecule has 0 aromatic carbocycles. The van der Waals surface area contributed by atoms with Crippen LogP contribution in [0.1, 0.15) is 13.8 Å². The molecule has 0 aliphatic heterocycles. The third kappa shape index (κ3) is 12.6. The van der Waals surface area contributed by atoms with Crippen molar-refractivity contribution >= 4 is 60.6 Å². The van der Waals surface area contributed by atoms with Gasteiger partial charge in [-0.1, -0.05) is 25.2 Å². The first-order valence-electron chi connectivity index (χ1n) is 2.81. The zero-order chi connectivity index (χ0) is 6.24. The summed E-state index contributed by atoms with van der Waals surface area (Å²) < 4.78 is 0. The Labute approximate surface area is 102 Å². The van der Waals surface area contributed by atoms with Gasteiger partial charge < -0.3 is 0 Å². The quantitative estimate of drug-likeness (QED) is 0.556. The zero-order valence-corrected chi connectivity index (χ0v) is 6.24. The average molecular weight is 268 g/mol. The summed E-state index contributed by atoms with van der Waals surface area (Å²) in [6.07, 6.45) is 6.10. The van der Waals surface area contributed by atoms with Crippen molar-refractivity contribution < 1.29 is 0 Å². The van der Waals surface area contributed by atoms with Gasteiger partial charge >= 0.3 is 48.9 Å². The molecule has 0 aliphatic rings. The topological polar surface area (TPSA) is 0 Å². The fraction of sp³-hybridized carbons (Fsp3) is 0.429. The molecule has 0 saturated carbocycles. The van der Waals surface area contributed by atoms with E-state index in [0.717, 1.165) is 5.75 Å².